The average Bonchev–Trinajstić information content (AvgIpc) is 3.18. The third-order valence-corrected chi connectivity index (χ3v) is 6.80. The molecule has 3 aromatic rings. The lowest BCUT2D eigenvalue weighted by Crippen LogP contribution is -2.42. The zero-order valence-corrected chi connectivity index (χ0v) is 18.1. The first-order chi connectivity index (χ1) is 15.8. The molecule has 2 bridgehead atoms. The zero-order valence-electron chi connectivity index (χ0n) is 18.1. The van der Waals surface area contributed by atoms with Crippen molar-refractivity contribution in [1.82, 2.24) is 19.9 Å². The van der Waals surface area contributed by atoms with Crippen LogP contribution in [0.1, 0.15) is 38.5 Å². The Labute approximate surface area is 187 Å². The molecule has 2 aliphatic heterocycles. The summed E-state index contributed by atoms with van der Waals surface area (Å²) in [5.74, 6) is 1.54. The lowest BCUT2D eigenvalue weighted by molar-refractivity contribution is 0.0305. The fourth-order valence-electron chi connectivity index (χ4n) is 5.19. The lowest BCUT2D eigenvalue weighted by Gasteiger charge is -2.34. The van der Waals surface area contributed by atoms with Crippen LogP contribution in [0.5, 0.6) is 5.75 Å². The van der Waals surface area contributed by atoms with E-state index in [-0.39, 0.29) is 6.10 Å². The fraction of sp³-hybridized carbons (Fsp3) is 0.500. The van der Waals surface area contributed by atoms with Crippen LogP contribution in [-0.2, 0) is 4.74 Å². The van der Waals surface area contributed by atoms with Gasteiger partial charge in [0.15, 0.2) is 0 Å². The van der Waals surface area contributed by atoms with Gasteiger partial charge in [-0.2, -0.15) is 0 Å². The molecule has 3 aliphatic rings. The molecule has 0 radical (unpaired) electrons. The molecule has 8 heteroatoms. The monoisotopic (exact) mass is 432 g/mol. The Morgan fingerprint density at radius 1 is 0.844 bits per heavy atom. The maximum atomic E-state index is 6.55. The van der Waals surface area contributed by atoms with E-state index in [0.29, 0.717) is 24.2 Å². The third-order valence-electron chi connectivity index (χ3n) is 6.80. The normalized spacial score (nSPS) is 27.4. The standard InChI is InChI=1S/C24H28N6O2/c1-8-27-24(28-9-1)29-16-2-4-18(5-3-16)32-22-13-17(12-21-23(22)26-11-10-25-21)30-14-19-6-7-20(15-30)31-19/h1,8-13,16,18-20H,2-7,14-15H2,(H,27,28,29)/t16-,18+,19-,20+. The maximum Gasteiger partial charge on any atom is 0.222 e. The molecule has 1 N–H and O–H groups in total. The van der Waals surface area contributed by atoms with E-state index < -0.39 is 0 Å². The second-order valence-corrected chi connectivity index (χ2v) is 9.04. The Kier molecular flexibility index (Phi) is 5.23. The minimum Gasteiger partial charge on any atom is -0.488 e. The maximum absolute atomic E-state index is 6.55. The minimum absolute atomic E-state index is 0.172. The third kappa shape index (κ3) is 4.07. The number of benzene rings is 1. The summed E-state index contributed by atoms with van der Waals surface area (Å²) in [4.78, 5) is 20.2. The summed E-state index contributed by atoms with van der Waals surface area (Å²) in [6.07, 6.45) is 14.2. The summed E-state index contributed by atoms with van der Waals surface area (Å²) in [5.41, 5.74) is 2.88. The number of ether oxygens (including phenoxy) is 2. The van der Waals surface area contributed by atoms with Crippen LogP contribution in [0.2, 0.25) is 0 Å². The molecule has 1 aliphatic carbocycles. The van der Waals surface area contributed by atoms with Crippen LogP contribution in [0.3, 0.4) is 0 Å². The molecule has 2 aromatic heterocycles. The molecule has 8 nitrogen and oxygen atoms in total. The number of fused-ring (bicyclic) bond motifs is 3. The molecular weight excluding hydrogens is 404 g/mol. The summed E-state index contributed by atoms with van der Waals surface area (Å²) >= 11 is 0. The van der Waals surface area contributed by atoms with Gasteiger partial charge in [-0.1, -0.05) is 0 Å². The molecule has 0 unspecified atom stereocenters. The van der Waals surface area contributed by atoms with Crippen molar-refractivity contribution in [3.63, 3.8) is 0 Å². The van der Waals surface area contributed by atoms with E-state index in [9.17, 15) is 0 Å². The number of rotatable bonds is 5. The smallest absolute Gasteiger partial charge is 0.222 e. The van der Waals surface area contributed by atoms with Gasteiger partial charge in [0.05, 0.1) is 23.8 Å². The van der Waals surface area contributed by atoms with Gasteiger partial charge in [0, 0.05) is 55.7 Å². The topological polar surface area (TPSA) is 85.3 Å². The summed E-state index contributed by atoms with van der Waals surface area (Å²) in [6.45, 7) is 1.86. The first-order valence-electron chi connectivity index (χ1n) is 11.7. The van der Waals surface area contributed by atoms with Gasteiger partial charge in [0.2, 0.25) is 5.95 Å². The second kappa shape index (κ2) is 8.50. The second-order valence-electron chi connectivity index (χ2n) is 9.04. The van der Waals surface area contributed by atoms with Gasteiger partial charge in [-0.05, 0) is 50.7 Å². The fourth-order valence-corrected chi connectivity index (χ4v) is 5.19. The molecule has 166 valence electrons. The molecule has 6 rings (SSSR count). The quantitative estimate of drug-likeness (QED) is 0.655. The molecule has 4 heterocycles. The summed E-state index contributed by atoms with van der Waals surface area (Å²) in [7, 11) is 0. The van der Waals surface area contributed by atoms with Crippen LogP contribution < -0.4 is 15.0 Å². The van der Waals surface area contributed by atoms with Gasteiger partial charge in [0.25, 0.3) is 0 Å². The number of morpholine rings is 1. The van der Waals surface area contributed by atoms with E-state index in [4.69, 9.17) is 9.47 Å². The molecule has 1 aromatic carbocycles. The summed E-state index contributed by atoms with van der Waals surface area (Å²) in [6, 6.07) is 6.51. The van der Waals surface area contributed by atoms with Gasteiger partial charge in [-0.3, -0.25) is 4.98 Å². The van der Waals surface area contributed by atoms with Gasteiger partial charge >= 0.3 is 0 Å². The van der Waals surface area contributed by atoms with Gasteiger partial charge in [-0.15, -0.1) is 0 Å². The van der Waals surface area contributed by atoms with Crippen LogP contribution in [0.15, 0.2) is 43.0 Å². The predicted molar refractivity (Wildman–Crippen MR) is 122 cm³/mol. The van der Waals surface area contributed by atoms with Crippen LogP contribution in [0, 0.1) is 0 Å². The van der Waals surface area contributed by atoms with E-state index in [1.807, 2.05) is 6.07 Å². The van der Waals surface area contributed by atoms with Crippen molar-refractivity contribution in [2.45, 2.75) is 62.9 Å². The van der Waals surface area contributed by atoms with E-state index in [1.165, 1.54) is 0 Å². The molecular formula is C24H28N6O2. The minimum atomic E-state index is 0.172. The molecule has 1 saturated carbocycles. The van der Waals surface area contributed by atoms with E-state index in [0.717, 1.165) is 74.1 Å². The first-order valence-corrected chi connectivity index (χ1v) is 11.7. The van der Waals surface area contributed by atoms with Gasteiger partial charge in [-0.25, -0.2) is 15.0 Å². The van der Waals surface area contributed by atoms with E-state index in [2.05, 4.69) is 42.3 Å². The van der Waals surface area contributed by atoms with E-state index in [1.54, 1.807) is 24.8 Å². The highest BCUT2D eigenvalue weighted by Crippen LogP contribution is 2.35. The van der Waals surface area contributed by atoms with Crippen molar-refractivity contribution in [3.8, 4) is 5.75 Å². The van der Waals surface area contributed by atoms with Crippen molar-refractivity contribution in [2.75, 3.05) is 23.3 Å². The Morgan fingerprint density at radius 3 is 2.38 bits per heavy atom. The zero-order chi connectivity index (χ0) is 21.3. The van der Waals surface area contributed by atoms with Crippen molar-refractivity contribution in [2.24, 2.45) is 0 Å². The number of nitrogens with zero attached hydrogens (tertiary/aromatic N) is 5. The van der Waals surface area contributed by atoms with Crippen LogP contribution >= 0.6 is 0 Å². The highest BCUT2D eigenvalue weighted by molar-refractivity contribution is 5.85. The van der Waals surface area contributed by atoms with Crippen molar-refractivity contribution < 1.29 is 9.47 Å². The van der Waals surface area contributed by atoms with E-state index >= 15 is 0 Å². The van der Waals surface area contributed by atoms with Gasteiger partial charge in [0.1, 0.15) is 11.3 Å². The Morgan fingerprint density at radius 2 is 1.59 bits per heavy atom. The molecule has 2 atom stereocenters. The Balaban J connectivity index is 1.17. The van der Waals surface area contributed by atoms with Crippen LogP contribution in [0.4, 0.5) is 11.6 Å². The molecule has 0 spiro atoms. The number of nitrogens with one attached hydrogen (secondary N) is 1. The molecule has 3 fully saturated rings. The summed E-state index contributed by atoms with van der Waals surface area (Å²) < 4.78 is 12.6. The molecule has 0 amide bonds. The lowest BCUT2D eigenvalue weighted by atomic mass is 9.93. The van der Waals surface area contributed by atoms with Crippen molar-refractivity contribution in [1.29, 1.82) is 0 Å². The molecule has 32 heavy (non-hydrogen) atoms. The number of hydrogen-bond acceptors (Lipinski definition) is 8. The number of aromatic nitrogens is 4. The highest BCUT2D eigenvalue weighted by Gasteiger charge is 2.34. The van der Waals surface area contributed by atoms with Crippen LogP contribution in [-0.4, -0.2) is 57.4 Å². The van der Waals surface area contributed by atoms with Crippen LogP contribution in [0.25, 0.3) is 11.0 Å². The Bertz CT molecular complexity index is 1060. The highest BCUT2D eigenvalue weighted by atomic mass is 16.5. The Hall–Kier alpha value is -3.00. The summed E-state index contributed by atoms with van der Waals surface area (Å²) in [5, 5.41) is 3.44. The largest absolute Gasteiger partial charge is 0.488 e. The van der Waals surface area contributed by atoms with Crippen molar-refractivity contribution >= 4 is 22.7 Å². The first kappa shape index (κ1) is 19.7. The predicted octanol–water partition coefficient (Wildman–Crippen LogP) is 3.59. The number of hydrogen-bond donors (Lipinski definition) is 1. The average molecular weight is 433 g/mol. The van der Waals surface area contributed by atoms with Gasteiger partial charge < -0.3 is 19.7 Å². The number of anilines is 2. The molecule has 2 saturated heterocycles. The van der Waals surface area contributed by atoms with Crippen molar-refractivity contribution in [3.05, 3.63) is 43.0 Å². The SMILES string of the molecule is c1cnc(N[C@H]2CC[C@@H](Oc3cc(N4C[C@H]5CC[C@@H](C4)O5)cc4nccnc34)CC2)nc1.